The normalized spacial score (nSPS) is 11.0. The summed E-state index contributed by atoms with van der Waals surface area (Å²) in [6.07, 6.45) is 4.23. The van der Waals surface area contributed by atoms with Gasteiger partial charge in [0, 0.05) is 60.8 Å². The first-order chi connectivity index (χ1) is 21.5. The molecule has 4 aromatic rings. The van der Waals surface area contributed by atoms with Gasteiger partial charge >= 0.3 is 5.97 Å². The molecule has 234 valence electrons. The van der Waals surface area contributed by atoms with E-state index in [2.05, 4.69) is 10.3 Å². The Kier molecular flexibility index (Phi) is 11.0. The summed E-state index contributed by atoms with van der Waals surface area (Å²) in [6.45, 7) is 3.64. The molecule has 0 atom stereocenters. The van der Waals surface area contributed by atoms with Crippen LogP contribution >= 0.6 is 23.2 Å². The van der Waals surface area contributed by atoms with Crippen molar-refractivity contribution in [2.75, 3.05) is 44.1 Å². The maximum Gasteiger partial charge on any atom is 0.356 e. The molecule has 0 saturated carbocycles. The van der Waals surface area contributed by atoms with Crippen LogP contribution in [-0.2, 0) is 20.9 Å². The van der Waals surface area contributed by atoms with Gasteiger partial charge in [-0.1, -0.05) is 41.4 Å². The highest BCUT2D eigenvalue weighted by molar-refractivity contribution is 6.38. The predicted molar refractivity (Wildman–Crippen MR) is 177 cm³/mol. The van der Waals surface area contributed by atoms with Gasteiger partial charge in [-0.3, -0.25) is 9.59 Å². The number of aryl methyl sites for hydroxylation is 1. The number of pyridine rings is 2. The van der Waals surface area contributed by atoms with Crippen molar-refractivity contribution < 1.29 is 23.9 Å². The Morgan fingerprint density at radius 2 is 1.80 bits per heavy atom. The zero-order valence-corrected chi connectivity index (χ0v) is 27.1. The minimum Gasteiger partial charge on any atom is -0.487 e. The number of anilines is 2. The number of benzene rings is 2. The maximum atomic E-state index is 13.0. The number of halogens is 2. The molecule has 2 amide bonds. The van der Waals surface area contributed by atoms with Gasteiger partial charge in [0.1, 0.15) is 23.6 Å². The van der Waals surface area contributed by atoms with Crippen LogP contribution in [0.2, 0.25) is 10.0 Å². The van der Waals surface area contributed by atoms with Crippen LogP contribution in [0.5, 0.6) is 5.75 Å². The summed E-state index contributed by atoms with van der Waals surface area (Å²) >= 11 is 13.3. The summed E-state index contributed by atoms with van der Waals surface area (Å²) in [4.78, 5) is 49.2. The Balaban J connectivity index is 1.41. The van der Waals surface area contributed by atoms with Crippen LogP contribution in [0, 0.1) is 6.92 Å². The summed E-state index contributed by atoms with van der Waals surface area (Å²) in [6, 6.07) is 14.1. The third-order valence-corrected chi connectivity index (χ3v) is 7.55. The average Bonchev–Trinajstić information content (AvgIpc) is 3.02. The SMILES string of the molecule is CCOC(=O)c1ccc(/C=C/C(=O)NCC(=O)N(C)c2ccc(Cl)c(COc3cccc4c(N(C)C)cc(C)nc34)c2Cl)cn1. The van der Waals surface area contributed by atoms with Crippen molar-refractivity contribution in [3.8, 4) is 5.75 Å². The first-order valence-electron chi connectivity index (χ1n) is 14.0. The zero-order chi connectivity index (χ0) is 32.7. The van der Waals surface area contributed by atoms with Crippen LogP contribution < -0.4 is 19.9 Å². The molecule has 0 spiro atoms. The van der Waals surface area contributed by atoms with Gasteiger partial charge in [-0.15, -0.1) is 0 Å². The summed E-state index contributed by atoms with van der Waals surface area (Å²) in [5.41, 5.74) is 4.26. The fourth-order valence-electron chi connectivity index (χ4n) is 4.42. The van der Waals surface area contributed by atoms with Gasteiger partial charge < -0.3 is 24.6 Å². The standard InChI is InChI=1S/C33H33Cl2N5O5/c1-6-44-33(43)25-13-10-21(17-36-25)11-15-29(41)37-18-30(42)40(5)26-14-12-24(34)23(31(26)35)19-45-28-9-7-8-22-27(39(3)4)16-20(2)38-32(22)28/h7-17H,6,18-19H2,1-5H3,(H,37,41)/b15-11+. The van der Waals surface area contributed by atoms with E-state index < -0.39 is 17.8 Å². The van der Waals surface area contributed by atoms with Gasteiger partial charge in [0.2, 0.25) is 11.8 Å². The molecular weight excluding hydrogens is 617 g/mol. The number of fused-ring (bicyclic) bond motifs is 1. The van der Waals surface area contributed by atoms with Crippen molar-refractivity contribution in [2.45, 2.75) is 20.5 Å². The number of nitrogens with one attached hydrogen (secondary N) is 1. The number of rotatable bonds is 11. The number of carbonyl (C=O) groups is 3. The number of hydrogen-bond donors (Lipinski definition) is 1. The van der Waals surface area contributed by atoms with Crippen LogP contribution in [-0.4, -0.2) is 62.0 Å². The van der Waals surface area contributed by atoms with E-state index in [1.807, 2.05) is 50.2 Å². The van der Waals surface area contributed by atoms with Crippen molar-refractivity contribution in [1.29, 1.82) is 0 Å². The molecular formula is C33H33Cl2N5O5. The van der Waals surface area contributed by atoms with Crippen LogP contribution in [0.25, 0.3) is 17.0 Å². The van der Waals surface area contributed by atoms with Gasteiger partial charge in [-0.25, -0.2) is 14.8 Å². The van der Waals surface area contributed by atoms with Gasteiger partial charge in [0.05, 0.1) is 23.9 Å². The lowest BCUT2D eigenvalue weighted by Crippen LogP contribution is -2.37. The second-order valence-corrected chi connectivity index (χ2v) is 11.0. The number of nitrogens with zero attached hydrogens (tertiary/aromatic N) is 4. The van der Waals surface area contributed by atoms with Gasteiger partial charge in [0.15, 0.2) is 0 Å². The molecule has 0 bridgehead atoms. The lowest BCUT2D eigenvalue weighted by molar-refractivity contribution is -0.122. The average molecular weight is 651 g/mol. The van der Waals surface area contributed by atoms with Crippen molar-refractivity contribution in [2.24, 2.45) is 0 Å². The number of aromatic nitrogens is 2. The number of esters is 1. The Hall–Kier alpha value is -4.67. The predicted octanol–water partition coefficient (Wildman–Crippen LogP) is 5.86. The minimum absolute atomic E-state index is 0.0384. The van der Waals surface area contributed by atoms with Crippen LogP contribution in [0.1, 0.15) is 34.2 Å². The number of ether oxygens (including phenoxy) is 2. The van der Waals surface area contributed by atoms with Crippen molar-refractivity contribution in [1.82, 2.24) is 15.3 Å². The minimum atomic E-state index is -0.523. The van der Waals surface area contributed by atoms with Crippen molar-refractivity contribution in [3.05, 3.63) is 93.4 Å². The van der Waals surface area contributed by atoms with E-state index >= 15 is 0 Å². The van der Waals surface area contributed by atoms with E-state index in [4.69, 9.17) is 37.7 Å². The first-order valence-corrected chi connectivity index (χ1v) is 14.8. The van der Waals surface area contributed by atoms with E-state index in [-0.39, 0.29) is 30.5 Å². The molecule has 2 heterocycles. The molecule has 0 saturated heterocycles. The van der Waals surface area contributed by atoms with E-state index in [1.54, 1.807) is 32.2 Å². The number of likely N-dealkylation sites (N-methyl/N-ethyl adjacent to an activating group) is 1. The zero-order valence-electron chi connectivity index (χ0n) is 25.6. The molecule has 0 aliphatic rings. The summed E-state index contributed by atoms with van der Waals surface area (Å²) in [5.74, 6) is -0.843. The fraction of sp³-hybridized carbons (Fsp3) is 0.242. The molecule has 2 aromatic carbocycles. The Bertz CT molecular complexity index is 1760. The number of amides is 2. The lowest BCUT2D eigenvalue weighted by Gasteiger charge is -2.21. The van der Waals surface area contributed by atoms with Crippen LogP contribution in [0.3, 0.4) is 0 Å². The summed E-state index contributed by atoms with van der Waals surface area (Å²) < 4.78 is 11.1. The van der Waals surface area contributed by atoms with E-state index in [0.29, 0.717) is 33.1 Å². The Labute approximate surface area is 271 Å². The van der Waals surface area contributed by atoms with Crippen LogP contribution in [0.4, 0.5) is 11.4 Å². The molecule has 45 heavy (non-hydrogen) atoms. The van der Waals surface area contributed by atoms with Gasteiger partial charge in [-0.05, 0) is 55.8 Å². The number of para-hydroxylation sites is 1. The first kappa shape index (κ1) is 33.2. The molecule has 0 aliphatic heterocycles. The molecule has 1 N–H and O–H groups in total. The van der Waals surface area contributed by atoms with E-state index in [0.717, 1.165) is 16.8 Å². The summed E-state index contributed by atoms with van der Waals surface area (Å²) in [7, 11) is 5.50. The Morgan fingerprint density at radius 3 is 2.49 bits per heavy atom. The van der Waals surface area contributed by atoms with E-state index in [1.165, 1.54) is 29.3 Å². The van der Waals surface area contributed by atoms with Crippen molar-refractivity contribution >= 4 is 69.3 Å². The number of carbonyl (C=O) groups excluding carboxylic acids is 3. The number of hydrogen-bond acceptors (Lipinski definition) is 8. The largest absolute Gasteiger partial charge is 0.487 e. The molecule has 0 radical (unpaired) electrons. The summed E-state index contributed by atoms with van der Waals surface area (Å²) in [5, 5.41) is 4.14. The lowest BCUT2D eigenvalue weighted by atomic mass is 10.1. The molecule has 10 nitrogen and oxygen atoms in total. The third kappa shape index (κ3) is 8.09. The molecule has 12 heteroatoms. The van der Waals surface area contributed by atoms with Crippen LogP contribution in [0.15, 0.2) is 60.8 Å². The molecule has 2 aromatic heterocycles. The highest BCUT2D eigenvalue weighted by Crippen LogP contribution is 2.36. The second kappa shape index (κ2) is 14.9. The molecule has 0 unspecified atom stereocenters. The topological polar surface area (TPSA) is 114 Å². The van der Waals surface area contributed by atoms with Gasteiger partial charge in [0.25, 0.3) is 0 Å². The molecule has 0 fully saturated rings. The third-order valence-electron chi connectivity index (χ3n) is 6.78. The monoisotopic (exact) mass is 649 g/mol. The van der Waals surface area contributed by atoms with Gasteiger partial charge in [-0.2, -0.15) is 0 Å². The Morgan fingerprint density at radius 1 is 1.02 bits per heavy atom. The quantitative estimate of drug-likeness (QED) is 0.159. The second-order valence-electron chi connectivity index (χ2n) is 10.2. The highest BCUT2D eigenvalue weighted by atomic mass is 35.5. The fourth-order valence-corrected chi connectivity index (χ4v) is 5.02. The van der Waals surface area contributed by atoms with E-state index in [9.17, 15) is 14.4 Å². The van der Waals surface area contributed by atoms with Crippen molar-refractivity contribution in [3.63, 3.8) is 0 Å². The molecule has 4 rings (SSSR count). The smallest absolute Gasteiger partial charge is 0.356 e. The molecule has 0 aliphatic carbocycles. The highest BCUT2D eigenvalue weighted by Gasteiger charge is 2.20. The maximum absolute atomic E-state index is 13.0.